The lowest BCUT2D eigenvalue weighted by atomic mass is 10.2. The molecule has 1 amide bonds. The number of likely N-dealkylation sites (N-methyl/N-ethyl adjacent to an activating group) is 1. The summed E-state index contributed by atoms with van der Waals surface area (Å²) in [6.45, 7) is 0.270. The van der Waals surface area contributed by atoms with Crippen molar-refractivity contribution in [3.8, 4) is 0 Å². The molecule has 1 aliphatic rings. The van der Waals surface area contributed by atoms with Crippen LogP contribution in [-0.2, 0) is 4.79 Å². The maximum absolute atomic E-state index is 11.1. The van der Waals surface area contributed by atoms with Gasteiger partial charge in [0.1, 0.15) is 6.73 Å². The summed E-state index contributed by atoms with van der Waals surface area (Å²) in [5.74, 6) is -0.214. The highest BCUT2D eigenvalue weighted by Gasteiger charge is 2.10. The fourth-order valence-corrected chi connectivity index (χ4v) is 1.01. The molecule has 0 unspecified atom stereocenters. The van der Waals surface area contributed by atoms with Crippen LogP contribution < -0.4 is 5.32 Å². The molecule has 0 spiro atoms. The molecule has 2 N–H and O–H groups in total. The Bertz CT molecular complexity index is 233. The van der Waals surface area contributed by atoms with Crippen LogP contribution in [0.3, 0.4) is 0 Å². The molecule has 12 heavy (non-hydrogen) atoms. The summed E-state index contributed by atoms with van der Waals surface area (Å²) in [5, 5.41) is 10.8. The van der Waals surface area contributed by atoms with Crippen LogP contribution in [0.5, 0.6) is 0 Å². The Morgan fingerprint density at radius 3 is 3.17 bits per heavy atom. The smallest absolute Gasteiger partial charge is 0.250 e. The van der Waals surface area contributed by atoms with Crippen molar-refractivity contribution in [2.75, 3.05) is 20.3 Å². The third kappa shape index (κ3) is 2.10. The van der Waals surface area contributed by atoms with Crippen LogP contribution in [0.15, 0.2) is 23.9 Å². The summed E-state index contributed by atoms with van der Waals surface area (Å²) in [7, 11) is 1.88. The zero-order valence-electron chi connectivity index (χ0n) is 6.95. The van der Waals surface area contributed by atoms with Crippen molar-refractivity contribution in [2.24, 2.45) is 0 Å². The van der Waals surface area contributed by atoms with Gasteiger partial charge >= 0.3 is 0 Å². The Hall–Kier alpha value is -1.29. The first-order chi connectivity index (χ1) is 5.74. The molecule has 0 saturated heterocycles. The van der Waals surface area contributed by atoms with E-state index in [0.29, 0.717) is 12.1 Å². The predicted octanol–water partition coefficient (Wildman–Crippen LogP) is -0.562. The van der Waals surface area contributed by atoms with E-state index < -0.39 is 0 Å². The number of nitrogens with one attached hydrogen (secondary N) is 1. The lowest BCUT2D eigenvalue weighted by Crippen LogP contribution is -2.31. The lowest BCUT2D eigenvalue weighted by Gasteiger charge is -2.18. The van der Waals surface area contributed by atoms with Crippen LogP contribution in [0.25, 0.3) is 0 Å². The summed E-state index contributed by atoms with van der Waals surface area (Å²) < 4.78 is 0. The minimum Gasteiger partial charge on any atom is -0.376 e. The largest absolute Gasteiger partial charge is 0.376 e. The Kier molecular flexibility index (Phi) is 2.88. The Labute approximate surface area is 71.2 Å². The van der Waals surface area contributed by atoms with Gasteiger partial charge in [-0.15, -0.1) is 0 Å². The van der Waals surface area contributed by atoms with E-state index in [1.54, 1.807) is 12.2 Å². The summed E-state index contributed by atoms with van der Waals surface area (Å²) in [6, 6.07) is 0. The van der Waals surface area contributed by atoms with E-state index in [0.717, 1.165) is 0 Å². The molecular formula is C8H12N2O2. The molecule has 1 aliphatic heterocycles. The molecule has 66 valence electrons. The molecule has 0 radical (unpaired) electrons. The van der Waals surface area contributed by atoms with E-state index >= 15 is 0 Å². The number of carbonyl (C=O) groups excluding carboxylic acids is 1. The van der Waals surface area contributed by atoms with Gasteiger partial charge in [-0.2, -0.15) is 0 Å². The number of aliphatic hydroxyl groups is 1. The van der Waals surface area contributed by atoms with E-state index in [4.69, 9.17) is 5.11 Å². The topological polar surface area (TPSA) is 52.6 Å². The van der Waals surface area contributed by atoms with Gasteiger partial charge in [-0.1, -0.05) is 6.08 Å². The summed E-state index contributed by atoms with van der Waals surface area (Å²) >= 11 is 0. The van der Waals surface area contributed by atoms with E-state index in [9.17, 15) is 4.79 Å². The number of carbonyl (C=O) groups is 1. The zero-order valence-corrected chi connectivity index (χ0v) is 6.95. The zero-order chi connectivity index (χ0) is 8.97. The third-order valence-electron chi connectivity index (χ3n) is 1.59. The van der Waals surface area contributed by atoms with Gasteiger partial charge < -0.3 is 15.3 Å². The average molecular weight is 168 g/mol. The van der Waals surface area contributed by atoms with Gasteiger partial charge in [-0.3, -0.25) is 4.79 Å². The molecule has 4 nitrogen and oxygen atoms in total. The van der Waals surface area contributed by atoms with Crippen molar-refractivity contribution in [2.45, 2.75) is 0 Å². The van der Waals surface area contributed by atoms with E-state index in [2.05, 4.69) is 5.32 Å². The predicted molar refractivity (Wildman–Crippen MR) is 45.1 cm³/mol. The van der Waals surface area contributed by atoms with Gasteiger partial charge in [-0.05, 0) is 12.3 Å². The summed E-state index contributed by atoms with van der Waals surface area (Å²) in [5.41, 5.74) is 0.661. The Morgan fingerprint density at radius 2 is 2.58 bits per heavy atom. The van der Waals surface area contributed by atoms with E-state index in [-0.39, 0.29) is 12.6 Å². The van der Waals surface area contributed by atoms with Gasteiger partial charge in [0.05, 0.1) is 0 Å². The van der Waals surface area contributed by atoms with Crippen LogP contribution in [0.4, 0.5) is 0 Å². The number of hydrogen-bond acceptors (Lipinski definition) is 3. The van der Waals surface area contributed by atoms with E-state index in [1.165, 1.54) is 0 Å². The van der Waals surface area contributed by atoms with E-state index in [1.807, 2.05) is 18.1 Å². The minimum atomic E-state index is -0.316. The maximum Gasteiger partial charge on any atom is 0.250 e. The number of amides is 1. The Balaban J connectivity index is 2.57. The normalized spacial score (nSPS) is 15.8. The molecule has 1 rings (SSSR count). The molecule has 1 heterocycles. The summed E-state index contributed by atoms with van der Waals surface area (Å²) in [6.07, 6.45) is 5.43. The first-order valence-electron chi connectivity index (χ1n) is 3.70. The molecule has 0 fully saturated rings. The summed E-state index contributed by atoms with van der Waals surface area (Å²) in [4.78, 5) is 13.0. The van der Waals surface area contributed by atoms with Crippen LogP contribution in [-0.4, -0.2) is 36.2 Å². The Morgan fingerprint density at radius 1 is 1.83 bits per heavy atom. The third-order valence-corrected chi connectivity index (χ3v) is 1.59. The van der Waals surface area contributed by atoms with Crippen LogP contribution >= 0.6 is 0 Å². The highest BCUT2D eigenvalue weighted by Crippen LogP contribution is 2.04. The van der Waals surface area contributed by atoms with Crippen molar-refractivity contribution >= 4 is 5.91 Å². The maximum atomic E-state index is 11.1. The molecular weight excluding hydrogens is 156 g/mol. The van der Waals surface area contributed by atoms with Crippen molar-refractivity contribution in [1.29, 1.82) is 0 Å². The molecule has 0 saturated carbocycles. The standard InChI is InChI=1S/C8H12N2O2/c1-10-4-2-3-7(5-10)8(12)9-6-11/h2-4,11H,5-6H2,1H3,(H,9,12). The average Bonchev–Trinajstić information content (AvgIpc) is 2.05. The fourth-order valence-electron chi connectivity index (χ4n) is 1.01. The van der Waals surface area contributed by atoms with Crippen LogP contribution in [0.1, 0.15) is 0 Å². The number of hydrogen-bond donors (Lipinski definition) is 2. The van der Waals surface area contributed by atoms with Gasteiger partial charge in [0.2, 0.25) is 0 Å². The lowest BCUT2D eigenvalue weighted by molar-refractivity contribution is -0.118. The molecule has 0 aromatic heterocycles. The van der Waals surface area contributed by atoms with Crippen LogP contribution in [0.2, 0.25) is 0 Å². The second kappa shape index (κ2) is 3.92. The molecule has 0 aromatic rings. The minimum absolute atomic E-state index is 0.214. The van der Waals surface area contributed by atoms with Crippen molar-refractivity contribution in [1.82, 2.24) is 10.2 Å². The number of aliphatic hydroxyl groups excluding tert-OH is 1. The number of rotatable bonds is 2. The molecule has 4 heteroatoms. The fraction of sp³-hybridized carbons (Fsp3) is 0.375. The molecule has 0 aliphatic carbocycles. The second-order valence-electron chi connectivity index (χ2n) is 2.61. The SMILES string of the molecule is CN1C=CC=C(C(=O)NCO)C1. The molecule has 0 aromatic carbocycles. The monoisotopic (exact) mass is 168 g/mol. The quantitative estimate of drug-likeness (QED) is 0.543. The van der Waals surface area contributed by atoms with Gasteiger partial charge in [0.15, 0.2) is 0 Å². The van der Waals surface area contributed by atoms with Crippen molar-refractivity contribution in [3.05, 3.63) is 23.9 Å². The molecule has 0 bridgehead atoms. The highest BCUT2D eigenvalue weighted by atomic mass is 16.3. The number of nitrogens with zero attached hydrogens (tertiary/aromatic N) is 1. The van der Waals surface area contributed by atoms with Gasteiger partial charge in [0.25, 0.3) is 5.91 Å². The molecule has 0 atom stereocenters. The van der Waals surface area contributed by atoms with Crippen LogP contribution in [0, 0.1) is 0 Å². The van der Waals surface area contributed by atoms with Crippen molar-refractivity contribution < 1.29 is 9.90 Å². The number of allylic oxidation sites excluding steroid dienone is 2. The van der Waals surface area contributed by atoms with Crippen molar-refractivity contribution in [3.63, 3.8) is 0 Å². The second-order valence-corrected chi connectivity index (χ2v) is 2.61. The first-order valence-corrected chi connectivity index (χ1v) is 3.70. The first kappa shape index (κ1) is 8.80. The van der Waals surface area contributed by atoms with Gasteiger partial charge in [-0.25, -0.2) is 0 Å². The van der Waals surface area contributed by atoms with Gasteiger partial charge in [0, 0.05) is 19.2 Å². The highest BCUT2D eigenvalue weighted by molar-refractivity contribution is 5.94.